The second-order valence-electron chi connectivity index (χ2n) is 2.15. The van der Waals surface area contributed by atoms with Gasteiger partial charge in [-0.3, -0.25) is 5.41 Å². The molecule has 5 heteroatoms. The van der Waals surface area contributed by atoms with E-state index in [1.165, 1.54) is 6.92 Å². The Balaban J connectivity index is 4.66. The average molecular weight is 184 g/mol. The van der Waals surface area contributed by atoms with Gasteiger partial charge in [0.2, 0.25) is 0 Å². The van der Waals surface area contributed by atoms with Crippen molar-refractivity contribution in [2.75, 3.05) is 0 Å². The highest BCUT2D eigenvalue weighted by molar-refractivity contribution is 5.98. The van der Waals surface area contributed by atoms with Gasteiger partial charge in [0.25, 0.3) is 0 Å². The van der Waals surface area contributed by atoms with Crippen LogP contribution in [0.2, 0.25) is 0 Å². The van der Waals surface area contributed by atoms with Gasteiger partial charge in [0.1, 0.15) is 11.7 Å². The summed E-state index contributed by atoms with van der Waals surface area (Å²) >= 11 is 0. The number of carbonyl (C=O) groups is 1. The minimum Gasteiger partial charge on any atom is -0.478 e. The zero-order chi connectivity index (χ0) is 10.4. The number of rotatable bonds is 3. The Morgan fingerprint density at radius 3 is 2.54 bits per heavy atom. The highest BCUT2D eigenvalue weighted by Gasteiger charge is 2.09. The zero-order valence-corrected chi connectivity index (χ0v) is 7.04. The molecule has 0 aromatic heterocycles. The first-order chi connectivity index (χ1) is 5.95. The third-order valence-corrected chi connectivity index (χ3v) is 1.03. The summed E-state index contributed by atoms with van der Waals surface area (Å²) in [4.78, 5) is 13.8. The molecule has 13 heavy (non-hydrogen) atoms. The van der Waals surface area contributed by atoms with E-state index in [-0.39, 0.29) is 5.84 Å². The predicted octanol–water partition coefficient (Wildman–Crippen LogP) is 1.55. The highest BCUT2D eigenvalue weighted by Crippen LogP contribution is 2.07. The van der Waals surface area contributed by atoms with Crippen LogP contribution in [-0.4, -0.2) is 23.1 Å². The molecule has 4 nitrogen and oxygen atoms in total. The molecule has 0 amide bonds. The number of hydrogen-bond donors (Lipinski definition) is 2. The quantitative estimate of drug-likeness (QED) is 0.302. The molecule has 0 aromatic carbocycles. The van der Waals surface area contributed by atoms with Gasteiger partial charge in [-0.25, -0.2) is 14.2 Å². The standard InChI is InChI=1S/C8H9FN2O2/c1-5(9)7(8(12)13)3-4-11-6(2)10/h3-4,10H,1H2,2H3,(H,12,13)/b7-3+,10-6?,11-4?. The van der Waals surface area contributed by atoms with Crippen LogP contribution < -0.4 is 0 Å². The molecule has 0 bridgehead atoms. The Bertz CT molecular complexity index is 289. The molecule has 0 radical (unpaired) electrons. The third kappa shape index (κ3) is 4.62. The first kappa shape index (κ1) is 11.2. The predicted molar refractivity (Wildman–Crippen MR) is 47.9 cm³/mol. The number of nitrogens with one attached hydrogen (secondary N) is 1. The molecule has 0 fully saturated rings. The maximum atomic E-state index is 12.4. The van der Waals surface area contributed by atoms with Crippen molar-refractivity contribution >= 4 is 18.0 Å². The highest BCUT2D eigenvalue weighted by atomic mass is 19.1. The normalized spacial score (nSPS) is 11.7. The van der Waals surface area contributed by atoms with E-state index in [2.05, 4.69) is 11.6 Å². The van der Waals surface area contributed by atoms with Gasteiger partial charge in [0.15, 0.2) is 0 Å². The smallest absolute Gasteiger partial charge is 0.338 e. The molecule has 0 aliphatic heterocycles. The summed E-state index contributed by atoms with van der Waals surface area (Å²) in [6.45, 7) is 4.26. The minimum atomic E-state index is -1.42. The molecular formula is C8H9FN2O2. The second-order valence-corrected chi connectivity index (χ2v) is 2.15. The Kier molecular flexibility index (Phi) is 4.29. The molecule has 0 rings (SSSR count). The summed E-state index contributed by atoms with van der Waals surface area (Å²) in [7, 11) is 0. The number of aliphatic imine (C=N–C) groups is 1. The lowest BCUT2D eigenvalue weighted by Gasteiger charge is -1.93. The van der Waals surface area contributed by atoms with Crippen LogP contribution in [-0.2, 0) is 4.79 Å². The van der Waals surface area contributed by atoms with Crippen LogP contribution in [0.25, 0.3) is 0 Å². The number of aliphatic carboxylic acids is 1. The summed E-state index contributed by atoms with van der Waals surface area (Å²) in [5, 5.41) is 15.3. The maximum absolute atomic E-state index is 12.4. The Morgan fingerprint density at radius 2 is 2.23 bits per heavy atom. The Hall–Kier alpha value is -1.78. The topological polar surface area (TPSA) is 73.5 Å². The van der Waals surface area contributed by atoms with Crippen molar-refractivity contribution in [3.8, 4) is 0 Å². The third-order valence-electron chi connectivity index (χ3n) is 1.03. The van der Waals surface area contributed by atoms with Crippen molar-refractivity contribution in [1.29, 1.82) is 5.41 Å². The molecule has 0 heterocycles. The molecule has 0 saturated carbocycles. The number of nitrogens with zero attached hydrogens (tertiary/aromatic N) is 1. The first-order valence-corrected chi connectivity index (χ1v) is 3.32. The number of halogens is 1. The fourth-order valence-electron chi connectivity index (χ4n) is 0.501. The second kappa shape index (κ2) is 4.97. The van der Waals surface area contributed by atoms with Crippen molar-refractivity contribution in [2.24, 2.45) is 4.99 Å². The molecule has 0 spiro atoms. The van der Waals surface area contributed by atoms with E-state index in [4.69, 9.17) is 10.5 Å². The summed E-state index contributed by atoms with van der Waals surface area (Å²) in [6, 6.07) is 0. The van der Waals surface area contributed by atoms with E-state index in [1.54, 1.807) is 0 Å². The van der Waals surface area contributed by atoms with Gasteiger partial charge in [0, 0.05) is 6.21 Å². The molecular weight excluding hydrogens is 175 g/mol. The van der Waals surface area contributed by atoms with Gasteiger partial charge >= 0.3 is 5.97 Å². The lowest BCUT2D eigenvalue weighted by atomic mass is 10.2. The van der Waals surface area contributed by atoms with Crippen LogP contribution in [0.3, 0.4) is 0 Å². The van der Waals surface area contributed by atoms with Crippen LogP contribution >= 0.6 is 0 Å². The van der Waals surface area contributed by atoms with E-state index in [0.717, 1.165) is 12.3 Å². The van der Waals surface area contributed by atoms with Crippen molar-refractivity contribution in [3.63, 3.8) is 0 Å². The van der Waals surface area contributed by atoms with E-state index < -0.39 is 17.4 Å². The molecule has 0 atom stereocenters. The van der Waals surface area contributed by atoms with Gasteiger partial charge in [-0.15, -0.1) is 0 Å². The summed E-state index contributed by atoms with van der Waals surface area (Å²) in [5.41, 5.74) is -0.565. The molecule has 0 aromatic rings. The lowest BCUT2D eigenvalue weighted by molar-refractivity contribution is -0.132. The zero-order valence-electron chi connectivity index (χ0n) is 7.04. The molecule has 2 N–H and O–H groups in total. The molecule has 0 saturated heterocycles. The maximum Gasteiger partial charge on any atom is 0.338 e. The molecule has 0 aliphatic carbocycles. The number of amidine groups is 1. The SMILES string of the molecule is C=C(F)/C(=C\C=NC(C)=N)C(=O)O. The largest absolute Gasteiger partial charge is 0.478 e. The van der Waals surface area contributed by atoms with Crippen LogP contribution in [0.4, 0.5) is 4.39 Å². The van der Waals surface area contributed by atoms with Gasteiger partial charge in [-0.1, -0.05) is 6.58 Å². The summed E-state index contributed by atoms with van der Waals surface area (Å²) in [6.07, 6.45) is 1.99. The summed E-state index contributed by atoms with van der Waals surface area (Å²) in [5.74, 6) is -2.45. The van der Waals surface area contributed by atoms with Crippen molar-refractivity contribution in [3.05, 3.63) is 24.1 Å². The number of carboxylic acids is 1. The Morgan fingerprint density at radius 1 is 1.69 bits per heavy atom. The minimum absolute atomic E-state index is 0.00505. The van der Waals surface area contributed by atoms with Crippen LogP contribution in [0.1, 0.15) is 6.92 Å². The summed E-state index contributed by atoms with van der Waals surface area (Å²) < 4.78 is 12.4. The van der Waals surface area contributed by atoms with Gasteiger partial charge in [-0.2, -0.15) is 0 Å². The van der Waals surface area contributed by atoms with E-state index in [0.29, 0.717) is 0 Å². The van der Waals surface area contributed by atoms with Crippen LogP contribution in [0.5, 0.6) is 0 Å². The van der Waals surface area contributed by atoms with Gasteiger partial charge in [-0.05, 0) is 13.0 Å². The van der Waals surface area contributed by atoms with Crippen LogP contribution in [0, 0.1) is 5.41 Å². The molecule has 70 valence electrons. The average Bonchev–Trinajstić information content (AvgIpc) is 1.95. The van der Waals surface area contributed by atoms with Crippen molar-refractivity contribution in [1.82, 2.24) is 0 Å². The van der Waals surface area contributed by atoms with Crippen molar-refractivity contribution < 1.29 is 14.3 Å². The first-order valence-electron chi connectivity index (χ1n) is 3.32. The molecule has 0 unspecified atom stereocenters. The fraction of sp³-hybridized carbons (Fsp3) is 0.125. The molecule has 0 aliphatic rings. The Labute approximate surface area is 74.6 Å². The monoisotopic (exact) mass is 184 g/mol. The number of hydrogen-bond acceptors (Lipinski definition) is 2. The number of carboxylic acid groups (broad SMARTS) is 1. The lowest BCUT2D eigenvalue weighted by Crippen LogP contribution is -2.00. The van der Waals surface area contributed by atoms with Gasteiger partial charge < -0.3 is 5.11 Å². The van der Waals surface area contributed by atoms with E-state index in [9.17, 15) is 9.18 Å². The van der Waals surface area contributed by atoms with Crippen LogP contribution in [0.15, 0.2) is 29.0 Å². The fourth-order valence-corrected chi connectivity index (χ4v) is 0.501. The van der Waals surface area contributed by atoms with Gasteiger partial charge in [0.05, 0.1) is 5.57 Å². The number of allylic oxidation sites excluding steroid dienone is 1. The van der Waals surface area contributed by atoms with Crippen molar-refractivity contribution in [2.45, 2.75) is 6.92 Å². The van der Waals surface area contributed by atoms with E-state index in [1.807, 2.05) is 0 Å². The van der Waals surface area contributed by atoms with E-state index >= 15 is 0 Å².